The summed E-state index contributed by atoms with van der Waals surface area (Å²) >= 11 is 5.91. The van der Waals surface area contributed by atoms with Gasteiger partial charge in [-0.15, -0.1) is 0 Å². The third-order valence-corrected chi connectivity index (χ3v) is 9.48. The quantitative estimate of drug-likeness (QED) is 0.124. The van der Waals surface area contributed by atoms with Gasteiger partial charge in [-0.3, -0.25) is 14.4 Å². The van der Waals surface area contributed by atoms with Crippen molar-refractivity contribution in [3.63, 3.8) is 0 Å². The van der Waals surface area contributed by atoms with Crippen LogP contribution in [-0.2, 0) is 32.4 Å². The van der Waals surface area contributed by atoms with E-state index in [2.05, 4.69) is 121 Å². The summed E-state index contributed by atoms with van der Waals surface area (Å²) < 4.78 is 5.11. The number of halogens is 1. The van der Waals surface area contributed by atoms with Crippen molar-refractivity contribution in [1.29, 1.82) is 0 Å². The molecular formula is C49H58ClN3O3. The molecule has 6 rings (SSSR count). The number of benzene rings is 3. The maximum absolute atomic E-state index is 11.8. The molecule has 7 heteroatoms. The van der Waals surface area contributed by atoms with Crippen molar-refractivity contribution in [3.8, 4) is 0 Å². The molecule has 1 unspecified atom stereocenters. The number of nitrogens with zero attached hydrogens (tertiary/aromatic N) is 3. The monoisotopic (exact) mass is 771 g/mol. The van der Waals surface area contributed by atoms with Gasteiger partial charge in [0, 0.05) is 36.8 Å². The molecule has 0 fully saturated rings. The van der Waals surface area contributed by atoms with Crippen molar-refractivity contribution in [1.82, 2.24) is 13.7 Å². The van der Waals surface area contributed by atoms with Gasteiger partial charge in [-0.25, -0.2) is 0 Å². The average molecular weight is 772 g/mol. The minimum atomic E-state index is -0.0318. The molecule has 0 radical (unpaired) electrons. The SMILES string of the molecule is CC(C)Cc1ccc(C(C)n2ccccc2=O)cc1.CC(C)Cc1ccc(Cn2cc(Cl)ccc2=O)cc1.CC(C)Cc1ccc(Cn2ccccc2=O)cc1. The summed E-state index contributed by atoms with van der Waals surface area (Å²) in [6, 6.07) is 39.2. The van der Waals surface area contributed by atoms with E-state index >= 15 is 0 Å². The second kappa shape index (κ2) is 21.8. The summed E-state index contributed by atoms with van der Waals surface area (Å²) in [5.74, 6) is 1.99. The second-order valence-electron chi connectivity index (χ2n) is 15.8. The highest BCUT2D eigenvalue weighted by Gasteiger charge is 2.09. The van der Waals surface area contributed by atoms with Crippen LogP contribution in [0.15, 0.2) is 154 Å². The highest BCUT2D eigenvalue weighted by Crippen LogP contribution is 2.18. The third kappa shape index (κ3) is 14.5. The number of rotatable bonds is 12. The molecule has 6 nitrogen and oxygen atoms in total. The standard InChI is InChI=1S/C17H21NO.C16H18ClNO.C16H19NO/c1-13(2)12-15-7-9-16(10-8-15)14(3)18-11-5-4-6-17(18)19;1-12(2)9-13-3-5-14(6-4-13)10-18-11-15(17)7-8-16(18)19;1-13(2)11-14-6-8-15(9-7-14)12-17-10-4-3-5-16(17)18/h4-11,13-14H,12H2,1-3H3;3-8,11-12H,9-10H2,1-2H3;3-10,13H,11-12H2,1-2H3. The lowest BCUT2D eigenvalue weighted by Crippen LogP contribution is -2.21. The average Bonchev–Trinajstić information content (AvgIpc) is 3.16. The van der Waals surface area contributed by atoms with E-state index in [-0.39, 0.29) is 22.7 Å². The molecule has 0 aliphatic carbocycles. The fourth-order valence-corrected chi connectivity index (χ4v) is 6.62. The third-order valence-electron chi connectivity index (χ3n) is 9.26. The predicted molar refractivity (Wildman–Crippen MR) is 234 cm³/mol. The first kappa shape index (κ1) is 43.5. The Balaban J connectivity index is 0.000000187. The van der Waals surface area contributed by atoms with Crippen LogP contribution in [0.5, 0.6) is 0 Å². The van der Waals surface area contributed by atoms with Crippen molar-refractivity contribution in [2.24, 2.45) is 17.8 Å². The maximum atomic E-state index is 11.8. The molecular weight excluding hydrogens is 714 g/mol. The molecule has 3 aromatic heterocycles. The van der Waals surface area contributed by atoms with E-state index in [1.54, 1.807) is 50.2 Å². The molecule has 56 heavy (non-hydrogen) atoms. The highest BCUT2D eigenvalue weighted by molar-refractivity contribution is 6.30. The largest absolute Gasteiger partial charge is 0.311 e. The van der Waals surface area contributed by atoms with Gasteiger partial charge in [0.05, 0.1) is 24.2 Å². The zero-order valence-corrected chi connectivity index (χ0v) is 34.8. The van der Waals surface area contributed by atoms with Gasteiger partial charge in [0.2, 0.25) is 0 Å². The first-order valence-corrected chi connectivity index (χ1v) is 20.1. The highest BCUT2D eigenvalue weighted by atomic mass is 35.5. The maximum Gasteiger partial charge on any atom is 0.251 e. The number of hydrogen-bond donors (Lipinski definition) is 0. The Morgan fingerprint density at radius 1 is 0.446 bits per heavy atom. The predicted octanol–water partition coefficient (Wildman–Crippen LogP) is 10.5. The molecule has 0 aliphatic heterocycles. The lowest BCUT2D eigenvalue weighted by atomic mass is 10.00. The molecule has 0 saturated heterocycles. The fraction of sp³-hybridized carbons (Fsp3) is 0.327. The Morgan fingerprint density at radius 2 is 0.857 bits per heavy atom. The Labute approximate surface area is 338 Å². The van der Waals surface area contributed by atoms with Crippen LogP contribution in [-0.4, -0.2) is 13.7 Å². The summed E-state index contributed by atoms with van der Waals surface area (Å²) in [6.07, 6.45) is 8.62. The summed E-state index contributed by atoms with van der Waals surface area (Å²) in [7, 11) is 0. The van der Waals surface area contributed by atoms with Crippen molar-refractivity contribution in [3.05, 3.63) is 209 Å². The van der Waals surface area contributed by atoms with Crippen LogP contribution in [0, 0.1) is 17.8 Å². The fourth-order valence-electron chi connectivity index (χ4n) is 6.44. The van der Waals surface area contributed by atoms with Crippen LogP contribution >= 0.6 is 11.6 Å². The van der Waals surface area contributed by atoms with Gasteiger partial charge in [-0.2, -0.15) is 0 Å². The van der Waals surface area contributed by atoms with Gasteiger partial charge in [-0.05, 0) is 95.5 Å². The van der Waals surface area contributed by atoms with E-state index in [1.165, 1.54) is 28.3 Å². The molecule has 1 atom stereocenters. The van der Waals surface area contributed by atoms with Crippen molar-refractivity contribution in [2.45, 2.75) is 86.9 Å². The normalized spacial score (nSPS) is 11.5. The summed E-state index contributed by atoms with van der Waals surface area (Å²) in [5.41, 5.74) is 7.53. The molecule has 0 N–H and O–H groups in total. The first-order valence-electron chi connectivity index (χ1n) is 19.7. The molecule has 294 valence electrons. The Kier molecular flexibility index (Phi) is 16.9. The van der Waals surface area contributed by atoms with E-state index in [9.17, 15) is 14.4 Å². The lowest BCUT2D eigenvalue weighted by Gasteiger charge is -2.16. The van der Waals surface area contributed by atoms with E-state index in [0.29, 0.717) is 35.9 Å². The smallest absolute Gasteiger partial charge is 0.251 e. The van der Waals surface area contributed by atoms with Crippen LogP contribution < -0.4 is 16.7 Å². The zero-order valence-electron chi connectivity index (χ0n) is 34.1. The van der Waals surface area contributed by atoms with Crippen LogP contribution in [0.25, 0.3) is 0 Å². The topological polar surface area (TPSA) is 66.0 Å². The summed E-state index contributed by atoms with van der Waals surface area (Å²) in [6.45, 7) is 16.6. The van der Waals surface area contributed by atoms with Crippen molar-refractivity contribution >= 4 is 11.6 Å². The molecule has 3 aromatic carbocycles. The molecule has 0 amide bonds. The lowest BCUT2D eigenvalue weighted by molar-refractivity contribution is 0.613. The minimum absolute atomic E-state index is 0.0318. The number of hydrogen-bond acceptors (Lipinski definition) is 3. The van der Waals surface area contributed by atoms with Crippen LogP contribution in [0.1, 0.15) is 87.9 Å². The first-order chi connectivity index (χ1) is 26.8. The number of pyridine rings is 3. The van der Waals surface area contributed by atoms with E-state index in [0.717, 1.165) is 30.4 Å². The molecule has 6 aromatic rings. The summed E-state index contributed by atoms with van der Waals surface area (Å²) in [4.78, 5) is 35.1. The van der Waals surface area contributed by atoms with Gasteiger partial charge in [-0.1, -0.05) is 138 Å². The van der Waals surface area contributed by atoms with Crippen LogP contribution in [0.2, 0.25) is 5.02 Å². The van der Waals surface area contributed by atoms with Crippen molar-refractivity contribution in [2.75, 3.05) is 0 Å². The Bertz CT molecular complexity index is 2250. The Morgan fingerprint density at radius 3 is 1.32 bits per heavy atom. The van der Waals surface area contributed by atoms with E-state index in [4.69, 9.17) is 11.6 Å². The minimum Gasteiger partial charge on any atom is -0.311 e. The van der Waals surface area contributed by atoms with Gasteiger partial charge >= 0.3 is 0 Å². The molecule has 3 heterocycles. The molecule has 0 spiro atoms. The second-order valence-corrected chi connectivity index (χ2v) is 16.2. The summed E-state index contributed by atoms with van der Waals surface area (Å²) in [5, 5.41) is 0.580. The van der Waals surface area contributed by atoms with E-state index in [1.807, 2.05) is 24.5 Å². The number of aromatic nitrogens is 3. The van der Waals surface area contributed by atoms with E-state index < -0.39 is 0 Å². The van der Waals surface area contributed by atoms with Crippen molar-refractivity contribution < 1.29 is 0 Å². The van der Waals surface area contributed by atoms with Gasteiger partial charge in [0.1, 0.15) is 0 Å². The Hall–Kier alpha value is -5.20. The molecule has 0 saturated carbocycles. The van der Waals surface area contributed by atoms with Gasteiger partial charge in [0.15, 0.2) is 0 Å². The molecule has 0 bridgehead atoms. The van der Waals surface area contributed by atoms with Crippen LogP contribution in [0.4, 0.5) is 0 Å². The van der Waals surface area contributed by atoms with Gasteiger partial charge in [0.25, 0.3) is 16.7 Å². The molecule has 0 aliphatic rings. The van der Waals surface area contributed by atoms with Gasteiger partial charge < -0.3 is 13.7 Å². The zero-order chi connectivity index (χ0) is 40.6. The van der Waals surface area contributed by atoms with Crippen LogP contribution in [0.3, 0.4) is 0 Å².